The summed E-state index contributed by atoms with van der Waals surface area (Å²) in [6.45, 7) is 4.74. The number of hydrogen-bond acceptors (Lipinski definition) is 8. The van der Waals surface area contributed by atoms with Crippen molar-refractivity contribution in [2.75, 3.05) is 36.8 Å². The summed E-state index contributed by atoms with van der Waals surface area (Å²) in [6.07, 6.45) is 8.89. The molecular formula is C22H32BrN7O2S. The van der Waals surface area contributed by atoms with E-state index in [4.69, 9.17) is 5.14 Å². The molecule has 1 aromatic carbocycles. The van der Waals surface area contributed by atoms with Crippen LogP contribution in [-0.2, 0) is 10.0 Å². The Morgan fingerprint density at radius 1 is 1.06 bits per heavy atom. The molecule has 2 heterocycles. The topological polar surface area (TPSA) is 125 Å². The van der Waals surface area contributed by atoms with E-state index < -0.39 is 10.0 Å². The number of likely N-dealkylation sites (tertiary alicyclic amines) is 1. The Balaban J connectivity index is 1.27. The fraction of sp³-hybridized carbons (Fsp3) is 0.545. The van der Waals surface area contributed by atoms with Crippen molar-refractivity contribution >= 4 is 43.4 Å². The Labute approximate surface area is 204 Å². The molecule has 33 heavy (non-hydrogen) atoms. The van der Waals surface area contributed by atoms with Crippen LogP contribution in [0.3, 0.4) is 0 Å². The van der Waals surface area contributed by atoms with E-state index in [1.807, 2.05) is 0 Å². The molecule has 0 atom stereocenters. The van der Waals surface area contributed by atoms with Gasteiger partial charge in [-0.2, -0.15) is 4.98 Å². The highest BCUT2D eigenvalue weighted by molar-refractivity contribution is 9.10. The van der Waals surface area contributed by atoms with Crippen molar-refractivity contribution in [3.8, 4) is 0 Å². The first-order valence-corrected chi connectivity index (χ1v) is 13.9. The average molecular weight is 539 g/mol. The number of nitrogens with zero attached hydrogens (tertiary/aromatic N) is 3. The van der Waals surface area contributed by atoms with Gasteiger partial charge in [-0.25, -0.2) is 18.5 Å². The zero-order chi connectivity index (χ0) is 23.3. The lowest BCUT2D eigenvalue weighted by atomic mass is 9.91. The molecule has 180 valence electrons. The molecule has 2 aliphatic rings. The molecule has 9 nitrogen and oxygen atoms in total. The fourth-order valence-corrected chi connectivity index (χ4v) is 5.27. The van der Waals surface area contributed by atoms with Gasteiger partial charge >= 0.3 is 0 Å². The third-order valence-electron chi connectivity index (χ3n) is 6.31. The number of hydrogen-bond donors (Lipinski definition) is 4. The van der Waals surface area contributed by atoms with Crippen LogP contribution >= 0.6 is 15.9 Å². The van der Waals surface area contributed by atoms with Crippen LogP contribution in [0.2, 0.25) is 0 Å². The molecule has 11 heteroatoms. The predicted molar refractivity (Wildman–Crippen MR) is 134 cm³/mol. The van der Waals surface area contributed by atoms with Crippen LogP contribution in [-0.4, -0.2) is 61.5 Å². The second kappa shape index (κ2) is 11.1. The second-order valence-corrected chi connectivity index (χ2v) is 11.2. The highest BCUT2D eigenvalue weighted by Gasteiger charge is 2.22. The first-order valence-electron chi connectivity index (χ1n) is 11.5. The minimum Gasteiger partial charge on any atom is -0.366 e. The van der Waals surface area contributed by atoms with Gasteiger partial charge in [-0.15, -0.1) is 0 Å². The Morgan fingerprint density at radius 3 is 2.39 bits per heavy atom. The van der Waals surface area contributed by atoms with Crippen LogP contribution in [0, 0.1) is 0 Å². The lowest BCUT2D eigenvalue weighted by Gasteiger charge is -2.30. The lowest BCUT2D eigenvalue weighted by molar-refractivity contribution is 0.303. The molecule has 1 aromatic heterocycles. The van der Waals surface area contributed by atoms with E-state index in [1.165, 1.54) is 38.1 Å². The zero-order valence-electron chi connectivity index (χ0n) is 18.6. The monoisotopic (exact) mass is 537 g/mol. The number of aromatic nitrogens is 2. The van der Waals surface area contributed by atoms with Crippen molar-refractivity contribution in [2.24, 2.45) is 5.14 Å². The number of nitrogens with one attached hydrogen (secondary N) is 3. The summed E-state index contributed by atoms with van der Waals surface area (Å²) in [6, 6.07) is 7.14. The van der Waals surface area contributed by atoms with Gasteiger partial charge in [-0.1, -0.05) is 0 Å². The van der Waals surface area contributed by atoms with E-state index in [9.17, 15) is 8.42 Å². The molecule has 4 rings (SSSR count). The Hall–Kier alpha value is -1.79. The summed E-state index contributed by atoms with van der Waals surface area (Å²) in [7, 11) is -3.72. The molecule has 1 aliphatic carbocycles. The van der Waals surface area contributed by atoms with Crippen molar-refractivity contribution < 1.29 is 8.42 Å². The number of benzene rings is 1. The second-order valence-electron chi connectivity index (χ2n) is 8.78. The minimum absolute atomic E-state index is 0.0632. The number of halogens is 1. The van der Waals surface area contributed by atoms with E-state index in [0.717, 1.165) is 49.1 Å². The number of sulfonamides is 1. The first kappa shape index (κ1) is 24.3. The van der Waals surface area contributed by atoms with Gasteiger partial charge < -0.3 is 20.9 Å². The van der Waals surface area contributed by atoms with Gasteiger partial charge in [-0.05, 0) is 91.8 Å². The van der Waals surface area contributed by atoms with Crippen LogP contribution < -0.4 is 21.1 Å². The Kier molecular flexibility index (Phi) is 8.18. The van der Waals surface area contributed by atoms with E-state index in [0.29, 0.717) is 23.7 Å². The molecule has 0 radical (unpaired) electrons. The largest absolute Gasteiger partial charge is 0.366 e. The maximum Gasteiger partial charge on any atom is 0.238 e. The van der Waals surface area contributed by atoms with Crippen LogP contribution in [0.1, 0.15) is 38.5 Å². The molecule has 0 bridgehead atoms. The van der Waals surface area contributed by atoms with E-state index >= 15 is 0 Å². The van der Waals surface area contributed by atoms with Crippen molar-refractivity contribution in [3.63, 3.8) is 0 Å². The molecule has 2 fully saturated rings. The van der Waals surface area contributed by atoms with Gasteiger partial charge in [-0.3, -0.25) is 0 Å². The summed E-state index contributed by atoms with van der Waals surface area (Å²) >= 11 is 3.54. The molecular weight excluding hydrogens is 506 g/mol. The standard InChI is InChI=1S/C22H32BrN7O2S/c23-20-15-26-22(28-18-7-9-19(10-8-18)33(24,31)32)29-21(20)27-17-5-3-16(4-6-17)25-11-14-30-12-1-2-13-30/h7-10,15-17,25H,1-6,11-14H2,(H2,24,31,32)(H2,26,27,28,29). The quantitative estimate of drug-likeness (QED) is 0.384. The molecule has 1 saturated carbocycles. The fourth-order valence-electron chi connectivity index (χ4n) is 4.45. The SMILES string of the molecule is NS(=O)(=O)c1ccc(Nc2ncc(Br)c(NC3CCC(NCCN4CCCC4)CC3)n2)cc1. The van der Waals surface area contributed by atoms with Crippen LogP contribution in [0.25, 0.3) is 0 Å². The van der Waals surface area contributed by atoms with Crippen molar-refractivity contribution in [1.29, 1.82) is 0 Å². The highest BCUT2D eigenvalue weighted by Crippen LogP contribution is 2.27. The third kappa shape index (κ3) is 7.10. The van der Waals surface area contributed by atoms with E-state index in [-0.39, 0.29) is 4.90 Å². The molecule has 0 amide bonds. The van der Waals surface area contributed by atoms with E-state index in [2.05, 4.69) is 46.7 Å². The molecule has 0 unspecified atom stereocenters. The van der Waals surface area contributed by atoms with Gasteiger partial charge in [0.15, 0.2) is 0 Å². The number of anilines is 3. The number of nitrogens with two attached hydrogens (primary N) is 1. The number of rotatable bonds is 9. The van der Waals surface area contributed by atoms with Gasteiger partial charge in [0.1, 0.15) is 5.82 Å². The van der Waals surface area contributed by atoms with Gasteiger partial charge in [0, 0.05) is 37.1 Å². The summed E-state index contributed by atoms with van der Waals surface area (Å²) < 4.78 is 23.6. The molecule has 1 aliphatic heterocycles. The normalized spacial score (nSPS) is 21.8. The lowest BCUT2D eigenvalue weighted by Crippen LogP contribution is -2.40. The molecule has 1 saturated heterocycles. The smallest absolute Gasteiger partial charge is 0.238 e. The van der Waals surface area contributed by atoms with Crippen LogP contribution in [0.15, 0.2) is 39.8 Å². The summed E-state index contributed by atoms with van der Waals surface area (Å²) in [5.41, 5.74) is 0.677. The van der Waals surface area contributed by atoms with Crippen LogP contribution in [0.4, 0.5) is 17.5 Å². The molecule has 2 aromatic rings. The van der Waals surface area contributed by atoms with E-state index in [1.54, 1.807) is 18.3 Å². The Bertz CT molecular complexity index is 1020. The molecule has 5 N–H and O–H groups in total. The van der Waals surface area contributed by atoms with Gasteiger partial charge in [0.2, 0.25) is 16.0 Å². The summed E-state index contributed by atoms with van der Waals surface area (Å²) in [5, 5.41) is 15.5. The highest BCUT2D eigenvalue weighted by atomic mass is 79.9. The predicted octanol–water partition coefficient (Wildman–Crippen LogP) is 3.04. The minimum atomic E-state index is -3.72. The van der Waals surface area contributed by atoms with Gasteiger partial charge in [0.05, 0.1) is 9.37 Å². The zero-order valence-corrected chi connectivity index (χ0v) is 21.0. The van der Waals surface area contributed by atoms with Crippen molar-refractivity contribution in [2.45, 2.75) is 55.5 Å². The van der Waals surface area contributed by atoms with Gasteiger partial charge in [0.25, 0.3) is 0 Å². The first-order chi connectivity index (χ1) is 15.9. The third-order valence-corrected chi connectivity index (χ3v) is 7.82. The Morgan fingerprint density at radius 2 is 1.73 bits per heavy atom. The average Bonchev–Trinajstić information content (AvgIpc) is 3.31. The summed E-state index contributed by atoms with van der Waals surface area (Å²) in [4.78, 5) is 11.5. The molecule has 0 spiro atoms. The summed E-state index contributed by atoms with van der Waals surface area (Å²) in [5.74, 6) is 1.18. The number of primary sulfonamides is 1. The maximum atomic E-state index is 11.4. The van der Waals surface area contributed by atoms with Crippen molar-refractivity contribution in [1.82, 2.24) is 20.2 Å². The van der Waals surface area contributed by atoms with Crippen LogP contribution in [0.5, 0.6) is 0 Å². The maximum absolute atomic E-state index is 11.4. The van der Waals surface area contributed by atoms with Crippen molar-refractivity contribution in [3.05, 3.63) is 34.9 Å².